The van der Waals surface area contributed by atoms with Gasteiger partial charge in [-0.05, 0) is 24.9 Å². The van der Waals surface area contributed by atoms with Crippen molar-refractivity contribution in [1.82, 2.24) is 5.32 Å². The van der Waals surface area contributed by atoms with E-state index in [9.17, 15) is 4.79 Å². The summed E-state index contributed by atoms with van der Waals surface area (Å²) >= 11 is 0. The standard InChI is InChI=1S/C12H15NO2/c14-12-11(13-7-4-8-15-12)9-10-5-2-1-3-6-10/h1-3,5-6,11,13H,4,7-9H2. The van der Waals surface area contributed by atoms with Gasteiger partial charge in [-0.25, -0.2) is 0 Å². The van der Waals surface area contributed by atoms with Gasteiger partial charge in [0, 0.05) is 0 Å². The zero-order valence-corrected chi connectivity index (χ0v) is 8.61. The fourth-order valence-electron chi connectivity index (χ4n) is 1.71. The molecule has 1 heterocycles. The van der Waals surface area contributed by atoms with Crippen LogP contribution >= 0.6 is 0 Å². The van der Waals surface area contributed by atoms with Crippen LogP contribution in [0.2, 0.25) is 0 Å². The number of hydrogen-bond acceptors (Lipinski definition) is 3. The molecule has 3 nitrogen and oxygen atoms in total. The summed E-state index contributed by atoms with van der Waals surface area (Å²) in [7, 11) is 0. The van der Waals surface area contributed by atoms with Gasteiger partial charge < -0.3 is 10.1 Å². The number of carbonyl (C=O) groups excluding carboxylic acids is 1. The molecular weight excluding hydrogens is 190 g/mol. The van der Waals surface area contributed by atoms with E-state index in [2.05, 4.69) is 5.32 Å². The van der Waals surface area contributed by atoms with Crippen LogP contribution in [0.15, 0.2) is 30.3 Å². The highest BCUT2D eigenvalue weighted by atomic mass is 16.5. The molecule has 1 aliphatic rings. The number of rotatable bonds is 2. The molecule has 1 saturated heterocycles. The number of ether oxygens (including phenoxy) is 1. The first-order valence-electron chi connectivity index (χ1n) is 5.30. The van der Waals surface area contributed by atoms with Crippen molar-refractivity contribution in [3.05, 3.63) is 35.9 Å². The Kier molecular flexibility index (Phi) is 3.35. The minimum absolute atomic E-state index is 0.128. The molecular formula is C12H15NO2. The lowest BCUT2D eigenvalue weighted by Gasteiger charge is -2.13. The van der Waals surface area contributed by atoms with Gasteiger partial charge in [0.15, 0.2) is 0 Å². The van der Waals surface area contributed by atoms with Crippen molar-refractivity contribution in [2.45, 2.75) is 18.9 Å². The molecule has 0 amide bonds. The van der Waals surface area contributed by atoms with E-state index in [0.717, 1.165) is 18.5 Å². The summed E-state index contributed by atoms with van der Waals surface area (Å²) in [4.78, 5) is 11.5. The zero-order valence-electron chi connectivity index (χ0n) is 8.61. The van der Waals surface area contributed by atoms with Gasteiger partial charge >= 0.3 is 5.97 Å². The van der Waals surface area contributed by atoms with Gasteiger partial charge in [-0.1, -0.05) is 30.3 Å². The van der Waals surface area contributed by atoms with Gasteiger partial charge in [-0.2, -0.15) is 0 Å². The lowest BCUT2D eigenvalue weighted by Crippen LogP contribution is -2.37. The molecule has 1 aromatic rings. The van der Waals surface area contributed by atoms with Crippen LogP contribution in [0.5, 0.6) is 0 Å². The van der Waals surface area contributed by atoms with Crippen molar-refractivity contribution >= 4 is 5.97 Å². The van der Waals surface area contributed by atoms with Crippen LogP contribution in [0.1, 0.15) is 12.0 Å². The third-order valence-electron chi connectivity index (χ3n) is 2.52. The Labute approximate surface area is 89.4 Å². The first-order chi connectivity index (χ1) is 7.36. The van der Waals surface area contributed by atoms with Crippen LogP contribution in [-0.4, -0.2) is 25.2 Å². The van der Waals surface area contributed by atoms with Gasteiger partial charge in [0.25, 0.3) is 0 Å². The maximum atomic E-state index is 11.5. The molecule has 0 radical (unpaired) electrons. The lowest BCUT2D eigenvalue weighted by atomic mass is 10.1. The van der Waals surface area contributed by atoms with Crippen molar-refractivity contribution in [2.24, 2.45) is 0 Å². The summed E-state index contributed by atoms with van der Waals surface area (Å²) in [5.74, 6) is -0.128. The molecule has 1 fully saturated rings. The summed E-state index contributed by atoms with van der Waals surface area (Å²) in [6.07, 6.45) is 1.61. The summed E-state index contributed by atoms with van der Waals surface area (Å²) in [6, 6.07) is 9.81. The number of cyclic esters (lactones) is 1. The first kappa shape index (κ1) is 10.2. The fourth-order valence-corrected chi connectivity index (χ4v) is 1.71. The number of benzene rings is 1. The predicted octanol–water partition coefficient (Wildman–Crippen LogP) is 1.13. The quantitative estimate of drug-likeness (QED) is 0.736. The van der Waals surface area contributed by atoms with Crippen LogP contribution < -0.4 is 5.32 Å². The van der Waals surface area contributed by atoms with E-state index in [1.54, 1.807) is 0 Å². The van der Waals surface area contributed by atoms with Gasteiger partial charge in [0.1, 0.15) is 6.04 Å². The normalized spacial score (nSPS) is 21.9. The highest BCUT2D eigenvalue weighted by Crippen LogP contribution is 2.06. The molecule has 2 rings (SSSR count). The minimum Gasteiger partial charge on any atom is -0.464 e. The molecule has 3 heteroatoms. The van der Waals surface area contributed by atoms with Crippen molar-refractivity contribution in [2.75, 3.05) is 13.2 Å². The van der Waals surface area contributed by atoms with E-state index in [0.29, 0.717) is 13.0 Å². The molecule has 1 atom stereocenters. The van der Waals surface area contributed by atoms with Gasteiger partial charge in [0.2, 0.25) is 0 Å². The first-order valence-corrected chi connectivity index (χ1v) is 5.30. The second kappa shape index (κ2) is 4.94. The third-order valence-corrected chi connectivity index (χ3v) is 2.52. The molecule has 1 unspecified atom stereocenters. The minimum atomic E-state index is -0.185. The molecule has 0 saturated carbocycles. The maximum absolute atomic E-state index is 11.5. The van der Waals surface area contributed by atoms with Crippen LogP contribution in [0.25, 0.3) is 0 Å². The number of carbonyl (C=O) groups is 1. The second-order valence-electron chi connectivity index (χ2n) is 3.72. The van der Waals surface area contributed by atoms with Gasteiger partial charge in [-0.15, -0.1) is 0 Å². The van der Waals surface area contributed by atoms with E-state index in [-0.39, 0.29) is 12.0 Å². The number of esters is 1. The molecule has 15 heavy (non-hydrogen) atoms. The third kappa shape index (κ3) is 2.80. The van der Waals surface area contributed by atoms with E-state index in [1.807, 2.05) is 30.3 Å². The highest BCUT2D eigenvalue weighted by molar-refractivity contribution is 5.76. The van der Waals surface area contributed by atoms with Gasteiger partial charge in [0.05, 0.1) is 6.61 Å². The molecule has 0 aromatic heterocycles. The van der Waals surface area contributed by atoms with Crippen LogP contribution in [0.3, 0.4) is 0 Å². The lowest BCUT2D eigenvalue weighted by molar-refractivity contribution is -0.144. The summed E-state index contributed by atoms with van der Waals surface area (Å²) in [6.45, 7) is 1.39. The zero-order chi connectivity index (χ0) is 10.5. The summed E-state index contributed by atoms with van der Waals surface area (Å²) in [5.41, 5.74) is 1.16. The SMILES string of the molecule is O=C1OCCCNC1Cc1ccccc1. The Bertz CT molecular complexity index is 324. The van der Waals surface area contributed by atoms with Crippen LogP contribution in [0, 0.1) is 0 Å². The van der Waals surface area contributed by atoms with Gasteiger partial charge in [-0.3, -0.25) is 4.79 Å². The average molecular weight is 205 g/mol. The summed E-state index contributed by atoms with van der Waals surface area (Å²) < 4.78 is 5.09. The van der Waals surface area contributed by atoms with E-state index < -0.39 is 0 Å². The van der Waals surface area contributed by atoms with Crippen LogP contribution in [0.4, 0.5) is 0 Å². The smallest absolute Gasteiger partial charge is 0.323 e. The molecule has 0 aliphatic carbocycles. The van der Waals surface area contributed by atoms with Crippen molar-refractivity contribution in [3.8, 4) is 0 Å². The van der Waals surface area contributed by atoms with E-state index >= 15 is 0 Å². The largest absolute Gasteiger partial charge is 0.464 e. The highest BCUT2D eigenvalue weighted by Gasteiger charge is 2.21. The molecule has 1 aromatic carbocycles. The Balaban J connectivity index is 2.01. The van der Waals surface area contributed by atoms with Crippen LogP contribution in [-0.2, 0) is 16.0 Å². The molecule has 1 aliphatic heterocycles. The van der Waals surface area contributed by atoms with E-state index in [1.165, 1.54) is 0 Å². The Morgan fingerprint density at radius 1 is 1.33 bits per heavy atom. The monoisotopic (exact) mass is 205 g/mol. The predicted molar refractivity (Wildman–Crippen MR) is 57.5 cm³/mol. The molecule has 0 bridgehead atoms. The topological polar surface area (TPSA) is 38.3 Å². The second-order valence-corrected chi connectivity index (χ2v) is 3.72. The number of hydrogen-bond donors (Lipinski definition) is 1. The molecule has 0 spiro atoms. The molecule has 1 N–H and O–H groups in total. The Morgan fingerprint density at radius 3 is 2.93 bits per heavy atom. The van der Waals surface area contributed by atoms with Crippen molar-refractivity contribution < 1.29 is 9.53 Å². The summed E-state index contributed by atoms with van der Waals surface area (Å²) in [5, 5.41) is 3.21. The number of nitrogens with one attached hydrogen (secondary N) is 1. The average Bonchev–Trinajstić information content (AvgIpc) is 2.46. The van der Waals surface area contributed by atoms with E-state index in [4.69, 9.17) is 4.74 Å². The maximum Gasteiger partial charge on any atom is 0.323 e. The molecule has 80 valence electrons. The Morgan fingerprint density at radius 2 is 2.13 bits per heavy atom. The fraction of sp³-hybridized carbons (Fsp3) is 0.417. The van der Waals surface area contributed by atoms with Crippen molar-refractivity contribution in [1.29, 1.82) is 0 Å². The Hall–Kier alpha value is -1.35. The van der Waals surface area contributed by atoms with Crippen molar-refractivity contribution in [3.63, 3.8) is 0 Å².